The summed E-state index contributed by atoms with van der Waals surface area (Å²) in [6.45, 7) is 4.33. The molecule has 1 amide bonds. The number of imidazole rings is 1. The molecule has 3 rings (SSSR count). The molecule has 1 unspecified atom stereocenters. The van der Waals surface area contributed by atoms with Crippen LogP contribution in [0.5, 0.6) is 11.5 Å². The van der Waals surface area contributed by atoms with E-state index in [0.717, 1.165) is 5.52 Å². The van der Waals surface area contributed by atoms with Crippen LogP contribution in [0.2, 0.25) is 0 Å². The zero-order valence-electron chi connectivity index (χ0n) is 17.6. The van der Waals surface area contributed by atoms with Crippen LogP contribution < -0.4 is 19.9 Å². The Bertz CT molecular complexity index is 1220. The first kappa shape index (κ1) is 22.9. The smallest absolute Gasteiger partial charge is 0.238 e. The average molecular weight is 465 g/mol. The highest BCUT2D eigenvalue weighted by molar-refractivity contribution is 8.00. The maximum absolute atomic E-state index is 12.7. The molecule has 0 aliphatic heterocycles. The second-order valence-electron chi connectivity index (χ2n) is 6.65. The highest BCUT2D eigenvalue weighted by Gasteiger charge is 2.21. The number of sulfonamides is 1. The van der Waals surface area contributed by atoms with Crippen molar-refractivity contribution in [2.45, 2.75) is 35.7 Å². The maximum atomic E-state index is 12.7. The number of thioether (sulfide) groups is 1. The van der Waals surface area contributed by atoms with Crippen LogP contribution in [0, 0.1) is 0 Å². The van der Waals surface area contributed by atoms with E-state index in [9.17, 15) is 13.2 Å². The van der Waals surface area contributed by atoms with Gasteiger partial charge in [-0.1, -0.05) is 11.8 Å². The summed E-state index contributed by atoms with van der Waals surface area (Å²) in [4.78, 5) is 17.3. The lowest BCUT2D eigenvalue weighted by atomic mass is 10.2. The summed E-state index contributed by atoms with van der Waals surface area (Å²) in [6, 6.07) is 9.69. The highest BCUT2D eigenvalue weighted by Crippen LogP contribution is 2.31. The summed E-state index contributed by atoms with van der Waals surface area (Å²) < 4.78 is 35.7. The second-order valence-corrected chi connectivity index (χ2v) is 9.52. The molecule has 2 aromatic carbocycles. The molecule has 1 heterocycles. The molecule has 166 valence electrons. The Kier molecular flexibility index (Phi) is 6.77. The van der Waals surface area contributed by atoms with E-state index in [1.54, 1.807) is 38.3 Å². The number of fused-ring (bicyclic) bond motifs is 1. The summed E-state index contributed by atoms with van der Waals surface area (Å²) >= 11 is 1.28. The number of rotatable bonds is 8. The number of anilines is 1. The molecule has 0 saturated heterocycles. The third-order valence-corrected chi connectivity index (χ3v) is 6.63. The van der Waals surface area contributed by atoms with Crippen molar-refractivity contribution < 1.29 is 22.7 Å². The topological polar surface area (TPSA) is 126 Å². The first-order valence-corrected chi connectivity index (χ1v) is 11.8. The number of hydrogen-bond donors (Lipinski definition) is 2. The van der Waals surface area contributed by atoms with Gasteiger partial charge in [0, 0.05) is 18.3 Å². The first-order chi connectivity index (χ1) is 14.7. The number of aromatic nitrogens is 2. The molecular formula is C20H24N4O5S2. The van der Waals surface area contributed by atoms with Gasteiger partial charge in [0.2, 0.25) is 15.9 Å². The first-order valence-electron chi connectivity index (χ1n) is 9.40. The van der Waals surface area contributed by atoms with Crippen LogP contribution in [0.3, 0.4) is 0 Å². The largest absolute Gasteiger partial charge is 0.493 e. The minimum Gasteiger partial charge on any atom is -0.493 e. The van der Waals surface area contributed by atoms with Crippen LogP contribution in [-0.4, -0.2) is 43.3 Å². The second kappa shape index (κ2) is 9.16. The van der Waals surface area contributed by atoms with Crippen molar-refractivity contribution in [2.75, 3.05) is 19.5 Å². The van der Waals surface area contributed by atoms with Gasteiger partial charge in [-0.15, -0.1) is 0 Å². The number of primary sulfonamides is 1. The number of benzene rings is 2. The quantitative estimate of drug-likeness (QED) is 0.491. The molecule has 1 atom stereocenters. The van der Waals surface area contributed by atoms with Gasteiger partial charge in [0.1, 0.15) is 0 Å². The van der Waals surface area contributed by atoms with E-state index in [1.807, 2.05) is 11.5 Å². The van der Waals surface area contributed by atoms with Gasteiger partial charge in [-0.05, 0) is 44.2 Å². The summed E-state index contributed by atoms with van der Waals surface area (Å²) in [5.41, 5.74) is 1.85. The van der Waals surface area contributed by atoms with Gasteiger partial charge in [-0.2, -0.15) is 0 Å². The summed E-state index contributed by atoms with van der Waals surface area (Å²) in [6.07, 6.45) is 0. The molecule has 0 spiro atoms. The summed E-state index contributed by atoms with van der Waals surface area (Å²) in [5.74, 6) is 0.870. The SMILES string of the molecule is CCn1c(SC(C)C(=O)Nc2ccc(OC)c(OC)c2)nc2cc(S(N)(=O)=O)ccc21. The number of nitrogens with two attached hydrogens (primary N) is 1. The van der Waals surface area contributed by atoms with E-state index in [0.29, 0.717) is 34.4 Å². The fourth-order valence-electron chi connectivity index (χ4n) is 3.03. The third-order valence-electron chi connectivity index (χ3n) is 4.63. The van der Waals surface area contributed by atoms with Gasteiger partial charge in [0.25, 0.3) is 0 Å². The summed E-state index contributed by atoms with van der Waals surface area (Å²) in [7, 11) is -0.757. The van der Waals surface area contributed by atoms with Crippen LogP contribution in [-0.2, 0) is 21.4 Å². The van der Waals surface area contributed by atoms with Crippen molar-refractivity contribution in [1.82, 2.24) is 9.55 Å². The zero-order valence-corrected chi connectivity index (χ0v) is 19.2. The van der Waals surface area contributed by atoms with E-state index in [2.05, 4.69) is 10.3 Å². The molecule has 0 aliphatic rings. The Morgan fingerprint density at radius 2 is 1.90 bits per heavy atom. The molecule has 0 radical (unpaired) electrons. The lowest BCUT2D eigenvalue weighted by Gasteiger charge is -2.14. The minimum absolute atomic E-state index is 0.00320. The van der Waals surface area contributed by atoms with Gasteiger partial charge in [0.15, 0.2) is 16.7 Å². The van der Waals surface area contributed by atoms with Crippen molar-refractivity contribution >= 4 is 44.4 Å². The van der Waals surface area contributed by atoms with Crippen LogP contribution >= 0.6 is 11.8 Å². The lowest BCUT2D eigenvalue weighted by Crippen LogP contribution is -2.23. The van der Waals surface area contributed by atoms with E-state index in [-0.39, 0.29) is 10.8 Å². The zero-order chi connectivity index (χ0) is 22.8. The average Bonchev–Trinajstić information content (AvgIpc) is 3.08. The fourth-order valence-corrected chi connectivity index (χ4v) is 4.55. The Balaban J connectivity index is 1.82. The molecule has 3 aromatic rings. The highest BCUT2D eigenvalue weighted by atomic mass is 32.2. The van der Waals surface area contributed by atoms with Crippen molar-refractivity contribution in [3.63, 3.8) is 0 Å². The van der Waals surface area contributed by atoms with Gasteiger partial charge < -0.3 is 19.4 Å². The van der Waals surface area contributed by atoms with Crippen molar-refractivity contribution in [3.05, 3.63) is 36.4 Å². The number of hydrogen-bond acceptors (Lipinski definition) is 7. The Hall–Kier alpha value is -2.76. The molecule has 3 N–H and O–H groups in total. The van der Waals surface area contributed by atoms with Crippen molar-refractivity contribution in [1.29, 1.82) is 0 Å². The van der Waals surface area contributed by atoms with E-state index in [4.69, 9.17) is 14.6 Å². The van der Waals surface area contributed by atoms with Crippen LogP contribution in [0.25, 0.3) is 11.0 Å². The number of ether oxygens (including phenoxy) is 2. The summed E-state index contributed by atoms with van der Waals surface area (Å²) in [5, 5.41) is 8.23. The van der Waals surface area contributed by atoms with Crippen LogP contribution in [0.1, 0.15) is 13.8 Å². The fraction of sp³-hybridized carbons (Fsp3) is 0.300. The predicted octanol–water partition coefficient (Wildman–Crippen LogP) is 2.84. The lowest BCUT2D eigenvalue weighted by molar-refractivity contribution is -0.115. The number of carbonyl (C=O) groups excluding carboxylic acids is 1. The van der Waals surface area contributed by atoms with Crippen molar-refractivity contribution in [3.8, 4) is 11.5 Å². The Morgan fingerprint density at radius 1 is 1.19 bits per heavy atom. The molecule has 0 bridgehead atoms. The Labute approximate surface area is 185 Å². The van der Waals surface area contributed by atoms with Gasteiger partial charge >= 0.3 is 0 Å². The molecule has 31 heavy (non-hydrogen) atoms. The molecular weight excluding hydrogens is 440 g/mol. The molecule has 0 aliphatic carbocycles. The van der Waals surface area contributed by atoms with Crippen LogP contribution in [0.15, 0.2) is 46.5 Å². The Morgan fingerprint density at radius 3 is 2.52 bits per heavy atom. The molecule has 0 saturated carbocycles. The molecule has 9 nitrogen and oxygen atoms in total. The number of methoxy groups -OCH3 is 2. The normalized spacial score (nSPS) is 12.5. The molecule has 1 aromatic heterocycles. The monoisotopic (exact) mass is 464 g/mol. The predicted molar refractivity (Wildman–Crippen MR) is 120 cm³/mol. The van der Waals surface area contributed by atoms with Gasteiger partial charge in [-0.3, -0.25) is 4.79 Å². The van der Waals surface area contributed by atoms with Gasteiger partial charge in [0.05, 0.1) is 35.4 Å². The number of amides is 1. The number of nitrogens with one attached hydrogen (secondary N) is 1. The van der Waals surface area contributed by atoms with Crippen LogP contribution in [0.4, 0.5) is 5.69 Å². The number of nitrogens with zero attached hydrogens (tertiary/aromatic N) is 2. The molecule has 11 heteroatoms. The standard InChI is InChI=1S/C20H24N4O5S2/c1-5-24-16-8-7-14(31(21,26)27)11-15(16)23-20(24)30-12(2)19(25)22-13-6-9-17(28-3)18(10-13)29-4/h6-12H,5H2,1-4H3,(H,22,25)(H2,21,26,27). The van der Waals surface area contributed by atoms with E-state index in [1.165, 1.54) is 31.0 Å². The van der Waals surface area contributed by atoms with Crippen molar-refractivity contribution in [2.24, 2.45) is 5.14 Å². The number of carbonyl (C=O) groups is 1. The van der Waals surface area contributed by atoms with E-state index < -0.39 is 15.3 Å². The third kappa shape index (κ3) is 4.94. The van der Waals surface area contributed by atoms with E-state index >= 15 is 0 Å². The number of aryl methyl sites for hydroxylation is 1. The minimum atomic E-state index is -3.83. The maximum Gasteiger partial charge on any atom is 0.238 e. The van der Waals surface area contributed by atoms with Gasteiger partial charge in [-0.25, -0.2) is 18.5 Å². The molecule has 0 fully saturated rings.